The summed E-state index contributed by atoms with van der Waals surface area (Å²) >= 11 is 1.48. The fourth-order valence-electron chi connectivity index (χ4n) is 3.90. The Bertz CT molecular complexity index is 1190. The second-order valence-corrected chi connectivity index (χ2v) is 9.77. The van der Waals surface area contributed by atoms with Gasteiger partial charge in [-0.3, -0.25) is 14.4 Å². The zero-order valence-electron chi connectivity index (χ0n) is 21.3. The molecule has 8 heteroatoms. The third-order valence-electron chi connectivity index (χ3n) is 6.06. The number of hydrogen-bond donors (Lipinski definition) is 2. The summed E-state index contributed by atoms with van der Waals surface area (Å²) in [4.78, 5) is 42.7. The smallest absolute Gasteiger partial charge is 0.275 e. The molecule has 1 unspecified atom stereocenters. The second-order valence-electron chi connectivity index (χ2n) is 8.88. The number of carbonyl (C=O) groups is 3. The van der Waals surface area contributed by atoms with Crippen LogP contribution in [0.3, 0.4) is 0 Å². The first-order chi connectivity index (χ1) is 17.3. The maximum absolute atomic E-state index is 13.1. The third-order valence-corrected chi connectivity index (χ3v) is 7.06. The van der Waals surface area contributed by atoms with Gasteiger partial charge in [-0.2, -0.15) is 0 Å². The maximum atomic E-state index is 13.1. The van der Waals surface area contributed by atoms with Gasteiger partial charge in [-0.05, 0) is 37.5 Å². The molecule has 3 amide bonds. The summed E-state index contributed by atoms with van der Waals surface area (Å²) in [7, 11) is 1.77. The molecule has 2 aromatic carbocycles. The summed E-state index contributed by atoms with van der Waals surface area (Å²) in [6, 6.07) is 16.0. The molecule has 0 bridgehead atoms. The molecule has 0 radical (unpaired) electrons. The van der Waals surface area contributed by atoms with Crippen molar-refractivity contribution in [2.24, 2.45) is 0 Å². The Hall–Kier alpha value is -3.52. The van der Waals surface area contributed by atoms with E-state index in [1.165, 1.54) is 18.3 Å². The van der Waals surface area contributed by atoms with Crippen LogP contribution in [0.2, 0.25) is 0 Å². The van der Waals surface area contributed by atoms with E-state index in [4.69, 9.17) is 0 Å². The number of nitrogens with zero attached hydrogens (tertiary/aromatic N) is 2. The van der Waals surface area contributed by atoms with Crippen LogP contribution in [0.25, 0.3) is 11.1 Å². The van der Waals surface area contributed by atoms with Crippen LogP contribution in [0.15, 0.2) is 53.9 Å². The van der Waals surface area contributed by atoms with Gasteiger partial charge in [-0.1, -0.05) is 48.9 Å². The van der Waals surface area contributed by atoms with E-state index in [0.29, 0.717) is 18.8 Å². The number of rotatable bonds is 11. The predicted molar refractivity (Wildman–Crippen MR) is 145 cm³/mol. The molecule has 7 nitrogen and oxygen atoms in total. The molecular weight excluding hydrogens is 472 g/mol. The lowest BCUT2D eigenvalue weighted by molar-refractivity contribution is -0.130. The highest BCUT2D eigenvalue weighted by atomic mass is 32.1. The van der Waals surface area contributed by atoms with E-state index in [2.05, 4.69) is 28.6 Å². The molecule has 2 N–H and O–H groups in total. The molecule has 1 heterocycles. The lowest BCUT2D eigenvalue weighted by Gasteiger charge is -2.20. The summed E-state index contributed by atoms with van der Waals surface area (Å²) in [6.07, 6.45) is 1.89. The highest BCUT2D eigenvalue weighted by Gasteiger charge is 2.19. The molecule has 0 aliphatic carbocycles. The average Bonchev–Trinajstić information content (AvgIpc) is 3.36. The highest BCUT2D eigenvalue weighted by molar-refractivity contribution is 7.10. The van der Waals surface area contributed by atoms with Gasteiger partial charge in [0.05, 0.1) is 5.01 Å². The molecule has 0 aliphatic rings. The Labute approximate surface area is 216 Å². The van der Waals surface area contributed by atoms with Crippen molar-refractivity contribution in [1.29, 1.82) is 0 Å². The second kappa shape index (κ2) is 13.0. The zero-order chi connectivity index (χ0) is 26.1. The minimum atomic E-state index is -0.237. The summed E-state index contributed by atoms with van der Waals surface area (Å²) in [5.41, 5.74) is 4.27. The van der Waals surface area contributed by atoms with Crippen LogP contribution in [0, 0.1) is 6.92 Å². The fourth-order valence-corrected chi connectivity index (χ4v) is 4.92. The van der Waals surface area contributed by atoms with E-state index in [0.717, 1.165) is 40.2 Å². The Morgan fingerprint density at radius 3 is 2.56 bits per heavy atom. The van der Waals surface area contributed by atoms with Gasteiger partial charge in [0.2, 0.25) is 11.8 Å². The SMILES string of the molecule is CCC(CCN(C)C(=O)CCNC(C)=O)c1nc(C(=O)Nc2ccc(C)cc2-c2ccccc2)cs1. The van der Waals surface area contributed by atoms with Crippen LogP contribution in [0.1, 0.15) is 60.1 Å². The molecule has 190 valence electrons. The Balaban J connectivity index is 1.63. The molecule has 3 rings (SSSR count). The number of carbonyl (C=O) groups excluding carboxylic acids is 3. The van der Waals surface area contributed by atoms with Gasteiger partial charge >= 0.3 is 0 Å². The molecule has 1 aromatic heterocycles. The molecule has 0 saturated carbocycles. The number of hydrogen-bond acceptors (Lipinski definition) is 5. The largest absolute Gasteiger partial charge is 0.356 e. The monoisotopic (exact) mass is 506 g/mol. The number of aromatic nitrogens is 1. The molecule has 36 heavy (non-hydrogen) atoms. The van der Waals surface area contributed by atoms with E-state index in [-0.39, 0.29) is 30.1 Å². The lowest BCUT2D eigenvalue weighted by Crippen LogP contribution is -2.32. The van der Waals surface area contributed by atoms with Crippen molar-refractivity contribution >= 4 is 34.7 Å². The standard InChI is InChI=1S/C28H34N4O3S/c1-5-21(14-16-32(4)26(34)13-15-29-20(3)33)28-31-25(18-36-28)27(35)30-24-12-11-19(2)17-23(24)22-9-7-6-8-10-22/h6-12,17-18,21H,5,13-16H2,1-4H3,(H,29,33)(H,30,35). The molecular formula is C28H34N4O3S. The lowest BCUT2D eigenvalue weighted by atomic mass is 10.0. The number of anilines is 1. The number of amides is 3. The first kappa shape index (κ1) is 27.1. The molecule has 1 atom stereocenters. The van der Waals surface area contributed by atoms with Crippen LogP contribution in [-0.2, 0) is 9.59 Å². The minimum Gasteiger partial charge on any atom is -0.356 e. The van der Waals surface area contributed by atoms with Gasteiger partial charge in [0.25, 0.3) is 5.91 Å². The maximum Gasteiger partial charge on any atom is 0.275 e. The van der Waals surface area contributed by atoms with Gasteiger partial charge < -0.3 is 15.5 Å². The van der Waals surface area contributed by atoms with Crippen molar-refractivity contribution in [3.8, 4) is 11.1 Å². The topological polar surface area (TPSA) is 91.4 Å². The third kappa shape index (κ3) is 7.49. The van der Waals surface area contributed by atoms with Crippen LogP contribution in [0.5, 0.6) is 0 Å². The first-order valence-electron chi connectivity index (χ1n) is 12.2. The summed E-state index contributed by atoms with van der Waals surface area (Å²) < 4.78 is 0. The van der Waals surface area contributed by atoms with Crippen molar-refractivity contribution in [1.82, 2.24) is 15.2 Å². The van der Waals surface area contributed by atoms with E-state index in [9.17, 15) is 14.4 Å². The number of nitrogens with one attached hydrogen (secondary N) is 2. The van der Waals surface area contributed by atoms with E-state index in [1.807, 2.05) is 49.4 Å². The van der Waals surface area contributed by atoms with Gasteiger partial charge in [0, 0.05) is 56.0 Å². The molecule has 3 aromatic rings. The summed E-state index contributed by atoms with van der Waals surface area (Å²) in [5.74, 6) is -0.232. The zero-order valence-corrected chi connectivity index (χ0v) is 22.2. The van der Waals surface area contributed by atoms with E-state index < -0.39 is 0 Å². The minimum absolute atomic E-state index is 0.00914. The van der Waals surface area contributed by atoms with E-state index >= 15 is 0 Å². The van der Waals surface area contributed by atoms with Gasteiger partial charge in [-0.15, -0.1) is 11.3 Å². The number of benzene rings is 2. The van der Waals surface area contributed by atoms with Crippen LogP contribution in [-0.4, -0.2) is 47.7 Å². The highest BCUT2D eigenvalue weighted by Crippen LogP contribution is 2.30. The Morgan fingerprint density at radius 1 is 1.11 bits per heavy atom. The van der Waals surface area contributed by atoms with Crippen LogP contribution >= 0.6 is 11.3 Å². The van der Waals surface area contributed by atoms with Crippen LogP contribution in [0.4, 0.5) is 5.69 Å². The fraction of sp³-hybridized carbons (Fsp3) is 0.357. The van der Waals surface area contributed by atoms with E-state index in [1.54, 1.807) is 17.3 Å². The Kier molecular flexibility index (Phi) is 9.76. The molecule has 0 aliphatic heterocycles. The van der Waals surface area contributed by atoms with Crippen molar-refractivity contribution in [2.45, 2.75) is 46.0 Å². The van der Waals surface area contributed by atoms with Gasteiger partial charge in [0.1, 0.15) is 5.69 Å². The predicted octanol–water partition coefficient (Wildman–Crippen LogP) is 5.24. The number of thiazole rings is 1. The molecule has 0 fully saturated rings. The van der Waals surface area contributed by atoms with Crippen molar-refractivity contribution in [3.05, 3.63) is 70.2 Å². The number of aryl methyl sites for hydroxylation is 1. The quantitative estimate of drug-likeness (QED) is 0.372. The summed E-state index contributed by atoms with van der Waals surface area (Å²) in [6.45, 7) is 6.48. The van der Waals surface area contributed by atoms with Gasteiger partial charge in [0.15, 0.2) is 0 Å². The average molecular weight is 507 g/mol. The first-order valence-corrected chi connectivity index (χ1v) is 13.1. The van der Waals surface area contributed by atoms with Gasteiger partial charge in [-0.25, -0.2) is 4.98 Å². The normalized spacial score (nSPS) is 11.6. The Morgan fingerprint density at radius 2 is 1.86 bits per heavy atom. The molecule has 0 spiro atoms. The van der Waals surface area contributed by atoms with Crippen molar-refractivity contribution in [3.63, 3.8) is 0 Å². The van der Waals surface area contributed by atoms with Crippen molar-refractivity contribution < 1.29 is 14.4 Å². The summed E-state index contributed by atoms with van der Waals surface area (Å²) in [5, 5.41) is 8.38. The van der Waals surface area contributed by atoms with Crippen molar-refractivity contribution in [2.75, 3.05) is 25.5 Å². The molecule has 0 saturated heterocycles. The van der Waals surface area contributed by atoms with Crippen LogP contribution < -0.4 is 10.6 Å².